The zero-order valence-corrected chi connectivity index (χ0v) is 18.6. The van der Waals surface area contributed by atoms with Gasteiger partial charge in [-0.2, -0.15) is 4.31 Å². The number of hydrogen-bond acceptors (Lipinski definition) is 6. The van der Waals surface area contributed by atoms with E-state index in [9.17, 15) is 13.2 Å². The van der Waals surface area contributed by atoms with Gasteiger partial charge in [-0.1, -0.05) is 35.5 Å². The first-order chi connectivity index (χ1) is 15.5. The Hall–Kier alpha value is -2.75. The fourth-order valence-electron chi connectivity index (χ4n) is 4.42. The molecule has 3 heterocycles. The quantitative estimate of drug-likeness (QED) is 0.589. The van der Waals surface area contributed by atoms with Crippen LogP contribution in [-0.4, -0.2) is 72.9 Å². The number of rotatable bonds is 5. The fourth-order valence-corrected chi connectivity index (χ4v) is 5.87. The summed E-state index contributed by atoms with van der Waals surface area (Å²) in [6.07, 6.45) is 1.94. The number of carbonyl (C=O) groups is 1. The zero-order valence-electron chi connectivity index (χ0n) is 17.8. The number of benzene rings is 2. The molecule has 2 aliphatic rings. The summed E-state index contributed by atoms with van der Waals surface area (Å²) >= 11 is 0. The van der Waals surface area contributed by atoms with Crippen molar-refractivity contribution in [2.45, 2.75) is 24.3 Å². The van der Waals surface area contributed by atoms with Crippen molar-refractivity contribution in [3.8, 4) is 0 Å². The first-order valence-electron chi connectivity index (χ1n) is 11.0. The SMILES string of the molecule is O=C(c1noc2ccc(S(=O)(=O)N3CCN(Cc4ccccc4)CC3)cc12)N1CCCC1. The number of hydrogen-bond donors (Lipinski definition) is 0. The van der Waals surface area contributed by atoms with Crippen molar-refractivity contribution in [3.63, 3.8) is 0 Å². The summed E-state index contributed by atoms with van der Waals surface area (Å²) in [7, 11) is -3.68. The average molecular weight is 455 g/mol. The van der Waals surface area contributed by atoms with E-state index in [-0.39, 0.29) is 16.5 Å². The molecule has 32 heavy (non-hydrogen) atoms. The van der Waals surface area contributed by atoms with Gasteiger partial charge in [0.15, 0.2) is 11.3 Å². The molecular formula is C23H26N4O4S. The summed E-state index contributed by atoms with van der Waals surface area (Å²) in [4.78, 5) is 17.0. The van der Waals surface area contributed by atoms with Crippen molar-refractivity contribution in [1.82, 2.24) is 19.3 Å². The lowest BCUT2D eigenvalue weighted by Crippen LogP contribution is -2.48. The maximum Gasteiger partial charge on any atom is 0.276 e. The highest BCUT2D eigenvalue weighted by molar-refractivity contribution is 7.89. The van der Waals surface area contributed by atoms with Gasteiger partial charge in [-0.15, -0.1) is 0 Å². The van der Waals surface area contributed by atoms with E-state index in [4.69, 9.17) is 4.52 Å². The summed E-state index contributed by atoms with van der Waals surface area (Å²) < 4.78 is 33.5. The van der Waals surface area contributed by atoms with Crippen LogP contribution >= 0.6 is 0 Å². The predicted octanol–water partition coefficient (Wildman–Crippen LogP) is 2.57. The summed E-state index contributed by atoms with van der Waals surface area (Å²) in [6, 6.07) is 14.8. The number of carbonyl (C=O) groups excluding carboxylic acids is 1. The number of amides is 1. The summed E-state index contributed by atoms with van der Waals surface area (Å²) in [5.74, 6) is -0.203. The van der Waals surface area contributed by atoms with Crippen LogP contribution in [0.1, 0.15) is 28.9 Å². The number of piperazine rings is 1. The van der Waals surface area contributed by atoms with Crippen molar-refractivity contribution in [1.29, 1.82) is 0 Å². The van der Waals surface area contributed by atoms with Gasteiger partial charge in [-0.25, -0.2) is 8.42 Å². The Bertz CT molecular complexity index is 1210. The van der Waals surface area contributed by atoms with E-state index in [2.05, 4.69) is 22.2 Å². The number of fused-ring (bicyclic) bond motifs is 1. The van der Waals surface area contributed by atoms with E-state index in [0.29, 0.717) is 50.2 Å². The molecule has 2 fully saturated rings. The monoisotopic (exact) mass is 454 g/mol. The van der Waals surface area contributed by atoms with Crippen molar-refractivity contribution < 1.29 is 17.7 Å². The minimum Gasteiger partial charge on any atom is -0.355 e. The maximum atomic E-state index is 13.3. The number of likely N-dealkylation sites (tertiary alicyclic amines) is 1. The van der Waals surface area contributed by atoms with Crippen LogP contribution in [0.2, 0.25) is 0 Å². The first kappa shape index (κ1) is 21.1. The molecule has 0 radical (unpaired) electrons. The first-order valence-corrected chi connectivity index (χ1v) is 12.4. The average Bonchev–Trinajstić information content (AvgIpc) is 3.50. The lowest BCUT2D eigenvalue weighted by molar-refractivity contribution is 0.0784. The molecule has 8 nitrogen and oxygen atoms in total. The molecule has 2 saturated heterocycles. The molecule has 3 aromatic rings. The molecule has 0 saturated carbocycles. The molecule has 2 aliphatic heterocycles. The molecule has 0 unspecified atom stereocenters. The largest absolute Gasteiger partial charge is 0.355 e. The number of nitrogens with zero attached hydrogens (tertiary/aromatic N) is 4. The standard InChI is InChI=1S/C23H26N4O4S/c28-23(26-10-4-5-11-26)22-20-16-19(8-9-21(20)31-24-22)32(29,30)27-14-12-25(13-15-27)17-18-6-2-1-3-7-18/h1-3,6-9,16H,4-5,10-15,17H2. The molecule has 0 spiro atoms. The second-order valence-corrected chi connectivity index (χ2v) is 10.3. The molecule has 2 aromatic carbocycles. The van der Waals surface area contributed by atoms with Crippen LogP contribution in [0.25, 0.3) is 11.0 Å². The molecular weight excluding hydrogens is 428 g/mol. The molecule has 0 aliphatic carbocycles. The second-order valence-electron chi connectivity index (χ2n) is 8.35. The van der Waals surface area contributed by atoms with E-state index in [1.807, 2.05) is 18.2 Å². The Morgan fingerprint density at radius 3 is 2.38 bits per heavy atom. The molecule has 0 N–H and O–H groups in total. The maximum absolute atomic E-state index is 13.3. The van der Waals surface area contributed by atoms with Gasteiger partial charge >= 0.3 is 0 Å². The smallest absolute Gasteiger partial charge is 0.276 e. The van der Waals surface area contributed by atoms with Crippen molar-refractivity contribution in [3.05, 3.63) is 59.8 Å². The molecule has 1 amide bonds. The van der Waals surface area contributed by atoms with Crippen molar-refractivity contribution in [2.75, 3.05) is 39.3 Å². The highest BCUT2D eigenvalue weighted by Crippen LogP contribution is 2.27. The van der Waals surface area contributed by atoms with Crippen LogP contribution in [-0.2, 0) is 16.6 Å². The normalized spacial score (nSPS) is 18.4. The third-order valence-corrected chi connectivity index (χ3v) is 8.15. The molecule has 0 bridgehead atoms. The van der Waals surface area contributed by atoms with Crippen molar-refractivity contribution in [2.24, 2.45) is 0 Å². The minimum absolute atomic E-state index is 0.167. The van der Waals surface area contributed by atoms with E-state index < -0.39 is 10.0 Å². The molecule has 1 aromatic heterocycles. The number of sulfonamides is 1. The van der Waals surface area contributed by atoms with Crippen molar-refractivity contribution >= 4 is 26.9 Å². The van der Waals surface area contributed by atoms with Gasteiger partial charge < -0.3 is 9.42 Å². The van der Waals surface area contributed by atoms with Gasteiger partial charge in [-0.05, 0) is 36.6 Å². The van der Waals surface area contributed by atoms with Crippen LogP contribution in [0.5, 0.6) is 0 Å². The molecule has 168 valence electrons. The predicted molar refractivity (Wildman–Crippen MR) is 120 cm³/mol. The third kappa shape index (κ3) is 4.03. The molecule has 9 heteroatoms. The second kappa shape index (κ2) is 8.65. The Labute approximate surface area is 187 Å². The van der Waals surface area contributed by atoms with Crippen LogP contribution in [0.15, 0.2) is 57.9 Å². The Kier molecular flexibility index (Phi) is 5.71. The molecule has 0 atom stereocenters. The van der Waals surface area contributed by atoms with Gasteiger partial charge in [0, 0.05) is 45.8 Å². The highest BCUT2D eigenvalue weighted by Gasteiger charge is 2.30. The third-order valence-electron chi connectivity index (χ3n) is 6.26. The van der Waals surface area contributed by atoms with E-state index in [1.54, 1.807) is 11.0 Å². The Balaban J connectivity index is 1.33. The van der Waals surface area contributed by atoms with Gasteiger partial charge in [-0.3, -0.25) is 9.69 Å². The molecule has 5 rings (SSSR count). The summed E-state index contributed by atoms with van der Waals surface area (Å²) in [6.45, 7) is 4.39. The van der Waals surface area contributed by atoms with E-state index in [0.717, 1.165) is 19.4 Å². The zero-order chi connectivity index (χ0) is 22.1. The van der Waals surface area contributed by atoms with E-state index >= 15 is 0 Å². The lowest BCUT2D eigenvalue weighted by Gasteiger charge is -2.34. The van der Waals surface area contributed by atoms with Crippen LogP contribution in [0.3, 0.4) is 0 Å². The fraction of sp³-hybridized carbons (Fsp3) is 0.391. The van der Waals surface area contributed by atoms with Crippen LogP contribution < -0.4 is 0 Å². The highest BCUT2D eigenvalue weighted by atomic mass is 32.2. The minimum atomic E-state index is -3.68. The van der Waals surface area contributed by atoms with Gasteiger partial charge in [0.25, 0.3) is 5.91 Å². The van der Waals surface area contributed by atoms with Gasteiger partial charge in [0.1, 0.15) is 0 Å². The van der Waals surface area contributed by atoms with Gasteiger partial charge in [0.05, 0.1) is 10.3 Å². The Morgan fingerprint density at radius 2 is 1.66 bits per heavy atom. The Morgan fingerprint density at radius 1 is 0.938 bits per heavy atom. The van der Waals surface area contributed by atoms with Gasteiger partial charge in [0.2, 0.25) is 10.0 Å². The number of aromatic nitrogens is 1. The topological polar surface area (TPSA) is 87.0 Å². The van der Waals surface area contributed by atoms with E-state index in [1.165, 1.54) is 22.0 Å². The summed E-state index contributed by atoms with van der Waals surface area (Å²) in [5, 5.41) is 4.39. The summed E-state index contributed by atoms with van der Waals surface area (Å²) in [5.41, 5.74) is 1.82. The van der Waals surface area contributed by atoms with Crippen LogP contribution in [0, 0.1) is 0 Å². The van der Waals surface area contributed by atoms with Crippen LogP contribution in [0.4, 0.5) is 0 Å². The lowest BCUT2D eigenvalue weighted by atomic mass is 10.2.